The molecule has 0 amide bonds. The highest BCUT2D eigenvalue weighted by molar-refractivity contribution is 5.62. The van der Waals surface area contributed by atoms with E-state index in [9.17, 15) is 4.79 Å². The Morgan fingerprint density at radius 3 is 2.65 bits per heavy atom. The van der Waals surface area contributed by atoms with Crippen LogP contribution in [0.1, 0.15) is 19.7 Å². The fraction of sp³-hybridized carbons (Fsp3) is 0.455. The van der Waals surface area contributed by atoms with E-state index in [0.717, 1.165) is 0 Å². The molecule has 0 N–H and O–H groups in total. The van der Waals surface area contributed by atoms with Gasteiger partial charge in [0.1, 0.15) is 5.82 Å². The fourth-order valence-corrected chi connectivity index (χ4v) is 1.09. The summed E-state index contributed by atoms with van der Waals surface area (Å²) in [6.07, 6.45) is 4.15. The van der Waals surface area contributed by atoms with Crippen molar-refractivity contribution in [2.24, 2.45) is 7.05 Å². The Balaban J connectivity index is 2.75. The van der Waals surface area contributed by atoms with Gasteiger partial charge in [-0.05, 0) is 13.8 Å². The number of ether oxygens (including phenoxy) is 3. The Morgan fingerprint density at radius 2 is 2.12 bits per heavy atom. The number of carbonyl (C=O) groups is 1. The minimum atomic E-state index is -0.790. The lowest BCUT2D eigenvalue weighted by atomic mass is 10.5. The number of carbonyl (C=O) groups excluding carboxylic acids is 1. The highest BCUT2D eigenvalue weighted by atomic mass is 16.8. The topological polar surface area (TPSA) is 62.6 Å². The molecule has 1 aromatic heterocycles. The second-order valence-electron chi connectivity index (χ2n) is 3.08. The lowest BCUT2D eigenvalue weighted by Gasteiger charge is -2.08. The summed E-state index contributed by atoms with van der Waals surface area (Å²) in [4.78, 5) is 15.2. The Morgan fingerprint density at radius 1 is 1.41 bits per heavy atom. The molecule has 0 aliphatic carbocycles. The monoisotopic (exact) mass is 240 g/mol. The van der Waals surface area contributed by atoms with Crippen LogP contribution in [0, 0.1) is 0 Å². The predicted octanol–water partition coefficient (Wildman–Crippen LogP) is 1.93. The first-order valence-electron chi connectivity index (χ1n) is 5.33. The summed E-state index contributed by atoms with van der Waals surface area (Å²) in [5.74, 6) is 0.693. The molecule has 0 saturated carbocycles. The number of aryl methyl sites for hydroxylation is 1. The van der Waals surface area contributed by atoms with Crippen LogP contribution in [0.25, 0.3) is 6.08 Å². The minimum absolute atomic E-state index is 0.0697. The smallest absolute Gasteiger partial charge is 0.465 e. The van der Waals surface area contributed by atoms with Gasteiger partial charge in [-0.3, -0.25) is 0 Å². The van der Waals surface area contributed by atoms with Crippen LogP contribution in [0.5, 0.6) is 0 Å². The van der Waals surface area contributed by atoms with Gasteiger partial charge >= 0.3 is 6.16 Å². The highest BCUT2D eigenvalue weighted by Crippen LogP contribution is 2.08. The summed E-state index contributed by atoms with van der Waals surface area (Å²) in [6.45, 7) is 4.13. The van der Waals surface area contributed by atoms with Gasteiger partial charge in [0.05, 0.1) is 19.3 Å². The van der Waals surface area contributed by atoms with Crippen LogP contribution in [0.15, 0.2) is 18.3 Å². The molecule has 0 atom stereocenters. The average molecular weight is 240 g/mol. The van der Waals surface area contributed by atoms with Crippen molar-refractivity contribution in [3.8, 4) is 0 Å². The zero-order valence-electron chi connectivity index (χ0n) is 10.2. The number of hydrogen-bond acceptors (Lipinski definition) is 5. The van der Waals surface area contributed by atoms with Crippen LogP contribution >= 0.6 is 0 Å². The molecule has 0 saturated heterocycles. The first-order valence-corrected chi connectivity index (χ1v) is 5.33. The quantitative estimate of drug-likeness (QED) is 0.581. The van der Waals surface area contributed by atoms with Gasteiger partial charge in [-0.1, -0.05) is 0 Å². The van der Waals surface area contributed by atoms with Crippen molar-refractivity contribution in [3.05, 3.63) is 24.2 Å². The molecule has 0 radical (unpaired) electrons. The van der Waals surface area contributed by atoms with Crippen molar-refractivity contribution >= 4 is 12.2 Å². The lowest BCUT2D eigenvalue weighted by molar-refractivity contribution is 0.0269. The third-order valence-corrected chi connectivity index (χ3v) is 1.84. The van der Waals surface area contributed by atoms with Gasteiger partial charge in [-0.15, -0.1) is 0 Å². The van der Waals surface area contributed by atoms with Crippen molar-refractivity contribution in [3.63, 3.8) is 0 Å². The zero-order chi connectivity index (χ0) is 12.7. The van der Waals surface area contributed by atoms with E-state index in [1.165, 1.54) is 6.08 Å². The van der Waals surface area contributed by atoms with E-state index >= 15 is 0 Å². The third kappa shape index (κ3) is 4.18. The number of imidazole rings is 1. The normalized spacial score (nSPS) is 11.1. The number of hydrogen-bond donors (Lipinski definition) is 0. The summed E-state index contributed by atoms with van der Waals surface area (Å²) in [5, 5.41) is 0. The van der Waals surface area contributed by atoms with E-state index < -0.39 is 6.16 Å². The number of aromatic nitrogens is 2. The minimum Gasteiger partial charge on any atom is -0.465 e. The molecule has 0 bridgehead atoms. The van der Waals surface area contributed by atoms with E-state index in [1.54, 1.807) is 30.8 Å². The van der Waals surface area contributed by atoms with Gasteiger partial charge < -0.3 is 18.8 Å². The van der Waals surface area contributed by atoms with E-state index in [0.29, 0.717) is 12.4 Å². The maximum atomic E-state index is 11.1. The van der Waals surface area contributed by atoms with Crippen molar-refractivity contribution in [2.45, 2.75) is 13.8 Å². The molecule has 0 aromatic carbocycles. The first kappa shape index (κ1) is 13.1. The maximum absolute atomic E-state index is 11.1. The highest BCUT2D eigenvalue weighted by Gasteiger charge is 2.10. The van der Waals surface area contributed by atoms with Crippen LogP contribution in [-0.4, -0.2) is 28.9 Å². The Hall–Kier alpha value is -1.98. The molecule has 0 unspecified atom stereocenters. The average Bonchev–Trinajstić information content (AvgIpc) is 2.65. The third-order valence-electron chi connectivity index (χ3n) is 1.84. The molecule has 0 aliphatic rings. The van der Waals surface area contributed by atoms with Crippen molar-refractivity contribution in [1.82, 2.24) is 9.55 Å². The maximum Gasteiger partial charge on any atom is 0.516 e. The molecule has 6 heteroatoms. The van der Waals surface area contributed by atoms with Crippen LogP contribution in [-0.2, 0) is 21.3 Å². The molecule has 0 fully saturated rings. The van der Waals surface area contributed by atoms with Gasteiger partial charge in [-0.2, -0.15) is 0 Å². The van der Waals surface area contributed by atoms with E-state index in [4.69, 9.17) is 9.47 Å². The summed E-state index contributed by atoms with van der Waals surface area (Å²) in [5.41, 5.74) is 0. The van der Waals surface area contributed by atoms with Crippen molar-refractivity contribution in [2.75, 3.05) is 13.2 Å². The lowest BCUT2D eigenvalue weighted by Crippen LogP contribution is -2.09. The molecule has 94 valence electrons. The van der Waals surface area contributed by atoms with Gasteiger partial charge in [0.25, 0.3) is 5.95 Å². The van der Waals surface area contributed by atoms with Crippen LogP contribution < -0.4 is 0 Å². The Bertz CT molecular complexity index is 398. The second-order valence-corrected chi connectivity index (χ2v) is 3.08. The van der Waals surface area contributed by atoms with Crippen LogP contribution in [0.4, 0.5) is 4.79 Å². The van der Waals surface area contributed by atoms with Crippen molar-refractivity contribution in [1.29, 1.82) is 0 Å². The molecule has 17 heavy (non-hydrogen) atoms. The van der Waals surface area contributed by atoms with Crippen molar-refractivity contribution < 1.29 is 19.0 Å². The van der Waals surface area contributed by atoms with Crippen LogP contribution in [0.2, 0.25) is 0 Å². The summed E-state index contributed by atoms with van der Waals surface area (Å²) < 4.78 is 16.5. The van der Waals surface area contributed by atoms with Crippen LogP contribution in [0.3, 0.4) is 0 Å². The van der Waals surface area contributed by atoms with Gasteiger partial charge in [0.15, 0.2) is 0 Å². The van der Waals surface area contributed by atoms with Gasteiger partial charge in [0.2, 0.25) is 0 Å². The first-order chi connectivity index (χ1) is 8.17. The predicted molar refractivity (Wildman–Crippen MR) is 60.9 cm³/mol. The fourth-order valence-electron chi connectivity index (χ4n) is 1.09. The van der Waals surface area contributed by atoms with Gasteiger partial charge in [-0.25, -0.2) is 9.78 Å². The molecule has 0 spiro atoms. The SMILES string of the molecule is CCOC(=O)OC(=Cc1nccn1C)OCC. The molecular weight excluding hydrogens is 224 g/mol. The van der Waals surface area contributed by atoms with E-state index in [1.807, 2.05) is 7.05 Å². The largest absolute Gasteiger partial charge is 0.516 e. The molecule has 6 nitrogen and oxygen atoms in total. The summed E-state index contributed by atoms with van der Waals surface area (Å²) in [6, 6.07) is 0. The second kappa shape index (κ2) is 6.57. The molecular formula is C11H16N2O4. The summed E-state index contributed by atoms with van der Waals surface area (Å²) in [7, 11) is 1.83. The molecule has 1 rings (SSSR count). The number of nitrogens with zero attached hydrogens (tertiary/aromatic N) is 2. The Kier molecular flexibility index (Phi) is 5.06. The molecule has 0 aliphatic heterocycles. The van der Waals surface area contributed by atoms with E-state index in [2.05, 4.69) is 9.72 Å². The standard InChI is InChI=1S/C11H16N2O4/c1-4-15-10(17-11(14)16-5-2)8-9-12-6-7-13(9)3/h6-8H,4-5H2,1-3H3. The summed E-state index contributed by atoms with van der Waals surface area (Å²) >= 11 is 0. The Labute approximate surface area is 99.8 Å². The molecule has 1 aromatic rings. The van der Waals surface area contributed by atoms with E-state index in [-0.39, 0.29) is 12.6 Å². The molecule has 1 heterocycles. The van der Waals surface area contributed by atoms with Gasteiger partial charge in [0, 0.05) is 19.4 Å². The zero-order valence-corrected chi connectivity index (χ0v) is 10.2. The number of rotatable bonds is 5.